The van der Waals surface area contributed by atoms with Gasteiger partial charge in [0.1, 0.15) is 0 Å². The molecule has 88 valence electrons. The van der Waals surface area contributed by atoms with Crippen LogP contribution in [0.3, 0.4) is 0 Å². The van der Waals surface area contributed by atoms with E-state index in [9.17, 15) is 0 Å². The number of rotatable bonds is 6. The fraction of sp³-hybridized carbons (Fsp3) is 0.857. The fourth-order valence-corrected chi connectivity index (χ4v) is 2.81. The zero-order valence-corrected chi connectivity index (χ0v) is 10.5. The lowest BCUT2D eigenvalue weighted by atomic mass is 9.75. The van der Waals surface area contributed by atoms with Crippen LogP contribution in [-0.4, -0.2) is 13.6 Å². The van der Waals surface area contributed by atoms with Gasteiger partial charge in [0.15, 0.2) is 0 Å². The fourth-order valence-electron chi connectivity index (χ4n) is 2.81. The van der Waals surface area contributed by atoms with Crippen LogP contribution in [0.15, 0.2) is 12.2 Å². The molecule has 0 spiro atoms. The van der Waals surface area contributed by atoms with Gasteiger partial charge in [0.2, 0.25) is 0 Å². The molecule has 1 aliphatic rings. The summed E-state index contributed by atoms with van der Waals surface area (Å²) in [5.74, 6) is 1.95. The predicted octanol–water partition coefficient (Wildman–Crippen LogP) is 3.76. The van der Waals surface area contributed by atoms with Crippen LogP contribution in [-0.2, 0) is 0 Å². The van der Waals surface area contributed by atoms with Gasteiger partial charge in [-0.25, -0.2) is 0 Å². The summed E-state index contributed by atoms with van der Waals surface area (Å²) in [6.07, 6.45) is 9.82. The zero-order valence-electron chi connectivity index (χ0n) is 10.5. The van der Waals surface area contributed by atoms with Gasteiger partial charge in [-0.05, 0) is 51.6 Å². The Morgan fingerprint density at radius 2 is 1.80 bits per heavy atom. The van der Waals surface area contributed by atoms with Gasteiger partial charge in [-0.2, -0.15) is 0 Å². The van der Waals surface area contributed by atoms with Crippen LogP contribution >= 0.6 is 0 Å². The van der Waals surface area contributed by atoms with Crippen molar-refractivity contribution in [3.8, 4) is 0 Å². The van der Waals surface area contributed by atoms with E-state index in [1.807, 2.05) is 0 Å². The highest BCUT2D eigenvalue weighted by Crippen LogP contribution is 2.35. The van der Waals surface area contributed by atoms with Crippen molar-refractivity contribution >= 4 is 0 Å². The second-order valence-corrected chi connectivity index (χ2v) is 5.19. The van der Waals surface area contributed by atoms with Crippen LogP contribution in [0, 0.1) is 11.8 Å². The molecule has 1 rings (SSSR count). The molecular weight excluding hydrogens is 182 g/mol. The number of allylic oxidation sites excluding steroid dienone is 1. The standard InChI is InChI=1S/C14H27N/c1-12(2)8-9-13-6-4-5-7-14(13)10-11-15-3/h13-15H,1,4-11H2,2-3H3. The lowest BCUT2D eigenvalue weighted by molar-refractivity contribution is 0.211. The lowest BCUT2D eigenvalue weighted by Crippen LogP contribution is -2.23. The average molecular weight is 209 g/mol. The molecule has 0 heterocycles. The van der Waals surface area contributed by atoms with E-state index in [1.54, 1.807) is 0 Å². The Bertz CT molecular complexity index is 186. The SMILES string of the molecule is C=C(C)CCC1CCCCC1CCNC. The largest absolute Gasteiger partial charge is 0.320 e. The van der Waals surface area contributed by atoms with Crippen molar-refractivity contribution in [2.45, 2.75) is 51.9 Å². The maximum absolute atomic E-state index is 4.01. The van der Waals surface area contributed by atoms with E-state index >= 15 is 0 Å². The van der Waals surface area contributed by atoms with Crippen LogP contribution < -0.4 is 5.32 Å². The van der Waals surface area contributed by atoms with Crippen molar-refractivity contribution in [3.63, 3.8) is 0 Å². The summed E-state index contributed by atoms with van der Waals surface area (Å²) >= 11 is 0. The van der Waals surface area contributed by atoms with Crippen molar-refractivity contribution in [2.24, 2.45) is 11.8 Å². The Morgan fingerprint density at radius 3 is 2.33 bits per heavy atom. The number of hydrogen-bond donors (Lipinski definition) is 1. The van der Waals surface area contributed by atoms with Gasteiger partial charge >= 0.3 is 0 Å². The quantitative estimate of drug-likeness (QED) is 0.657. The molecule has 0 aromatic rings. The smallest absolute Gasteiger partial charge is 0.00492 e. The van der Waals surface area contributed by atoms with Crippen LogP contribution in [0.5, 0.6) is 0 Å². The average Bonchev–Trinajstić information content (AvgIpc) is 2.24. The summed E-state index contributed by atoms with van der Waals surface area (Å²) in [5.41, 5.74) is 1.35. The summed E-state index contributed by atoms with van der Waals surface area (Å²) in [6, 6.07) is 0. The van der Waals surface area contributed by atoms with Crippen LogP contribution in [0.2, 0.25) is 0 Å². The van der Waals surface area contributed by atoms with Crippen molar-refractivity contribution < 1.29 is 0 Å². The minimum Gasteiger partial charge on any atom is -0.320 e. The first-order chi connectivity index (χ1) is 7.24. The first-order valence-corrected chi connectivity index (χ1v) is 6.53. The van der Waals surface area contributed by atoms with Gasteiger partial charge in [0, 0.05) is 0 Å². The number of hydrogen-bond acceptors (Lipinski definition) is 1. The Balaban J connectivity index is 2.32. The third-order valence-electron chi connectivity index (χ3n) is 3.77. The number of nitrogens with one attached hydrogen (secondary N) is 1. The molecule has 1 saturated carbocycles. The third kappa shape index (κ3) is 4.83. The third-order valence-corrected chi connectivity index (χ3v) is 3.77. The summed E-state index contributed by atoms with van der Waals surface area (Å²) in [5, 5.41) is 3.28. The maximum Gasteiger partial charge on any atom is -0.00492 e. The second-order valence-electron chi connectivity index (χ2n) is 5.19. The molecule has 1 N–H and O–H groups in total. The van der Waals surface area contributed by atoms with Crippen molar-refractivity contribution in [3.05, 3.63) is 12.2 Å². The van der Waals surface area contributed by atoms with E-state index in [1.165, 1.54) is 57.1 Å². The Hall–Kier alpha value is -0.300. The molecule has 0 amide bonds. The summed E-state index contributed by atoms with van der Waals surface area (Å²) in [7, 11) is 2.06. The van der Waals surface area contributed by atoms with E-state index in [0.717, 1.165) is 11.8 Å². The molecule has 2 atom stereocenters. The monoisotopic (exact) mass is 209 g/mol. The van der Waals surface area contributed by atoms with E-state index in [2.05, 4.69) is 25.9 Å². The Kier molecular flexibility index (Phi) is 6.00. The first-order valence-electron chi connectivity index (χ1n) is 6.53. The molecule has 1 aliphatic carbocycles. The summed E-state index contributed by atoms with van der Waals surface area (Å²) < 4.78 is 0. The zero-order chi connectivity index (χ0) is 11.1. The lowest BCUT2D eigenvalue weighted by Gasteiger charge is -2.31. The maximum atomic E-state index is 4.01. The topological polar surface area (TPSA) is 12.0 Å². The molecule has 1 nitrogen and oxygen atoms in total. The highest BCUT2D eigenvalue weighted by molar-refractivity contribution is 4.89. The Labute approximate surface area is 95.3 Å². The van der Waals surface area contributed by atoms with Gasteiger partial charge in [0.25, 0.3) is 0 Å². The van der Waals surface area contributed by atoms with E-state index in [4.69, 9.17) is 0 Å². The van der Waals surface area contributed by atoms with Gasteiger partial charge < -0.3 is 5.32 Å². The molecule has 0 saturated heterocycles. The summed E-state index contributed by atoms with van der Waals surface area (Å²) in [4.78, 5) is 0. The van der Waals surface area contributed by atoms with Crippen LogP contribution in [0.4, 0.5) is 0 Å². The molecule has 1 heteroatoms. The normalized spacial score (nSPS) is 26.5. The molecule has 0 aromatic heterocycles. The second kappa shape index (κ2) is 7.05. The molecular formula is C14H27N. The van der Waals surface area contributed by atoms with E-state index in [0.29, 0.717) is 0 Å². The summed E-state index contributed by atoms with van der Waals surface area (Å²) in [6.45, 7) is 7.36. The Morgan fingerprint density at radius 1 is 1.20 bits per heavy atom. The van der Waals surface area contributed by atoms with Gasteiger partial charge in [-0.15, -0.1) is 6.58 Å². The van der Waals surface area contributed by atoms with Gasteiger partial charge in [-0.3, -0.25) is 0 Å². The molecule has 2 unspecified atom stereocenters. The minimum absolute atomic E-state index is 0.976. The molecule has 1 fully saturated rings. The van der Waals surface area contributed by atoms with Gasteiger partial charge in [-0.1, -0.05) is 31.3 Å². The van der Waals surface area contributed by atoms with Crippen molar-refractivity contribution in [1.82, 2.24) is 5.32 Å². The first kappa shape index (κ1) is 12.8. The van der Waals surface area contributed by atoms with Crippen LogP contribution in [0.1, 0.15) is 51.9 Å². The van der Waals surface area contributed by atoms with Gasteiger partial charge in [0.05, 0.1) is 0 Å². The molecule has 0 radical (unpaired) electrons. The van der Waals surface area contributed by atoms with E-state index in [-0.39, 0.29) is 0 Å². The van der Waals surface area contributed by atoms with Crippen molar-refractivity contribution in [2.75, 3.05) is 13.6 Å². The minimum atomic E-state index is 0.976. The van der Waals surface area contributed by atoms with E-state index < -0.39 is 0 Å². The molecule has 0 aliphatic heterocycles. The molecule has 0 aromatic carbocycles. The molecule has 15 heavy (non-hydrogen) atoms. The van der Waals surface area contributed by atoms with Crippen LogP contribution in [0.25, 0.3) is 0 Å². The highest BCUT2D eigenvalue weighted by atomic mass is 14.8. The molecule has 0 bridgehead atoms. The highest BCUT2D eigenvalue weighted by Gasteiger charge is 2.23. The van der Waals surface area contributed by atoms with Crippen molar-refractivity contribution in [1.29, 1.82) is 0 Å². The predicted molar refractivity (Wildman–Crippen MR) is 68.0 cm³/mol.